The van der Waals surface area contributed by atoms with Gasteiger partial charge in [-0.1, -0.05) is 17.7 Å². The van der Waals surface area contributed by atoms with Crippen LogP contribution in [0.3, 0.4) is 0 Å². The molecule has 0 radical (unpaired) electrons. The average Bonchev–Trinajstić information content (AvgIpc) is 2.97. The molecule has 1 aromatic heterocycles. The molecule has 0 bridgehead atoms. The zero-order valence-corrected chi connectivity index (χ0v) is 16.1. The van der Waals surface area contributed by atoms with Crippen LogP contribution in [0.25, 0.3) is 0 Å². The van der Waals surface area contributed by atoms with Crippen molar-refractivity contribution in [1.82, 2.24) is 9.88 Å². The van der Waals surface area contributed by atoms with E-state index in [0.717, 1.165) is 11.3 Å². The number of aryl methyl sites for hydroxylation is 1. The number of nitrogens with zero attached hydrogens (tertiary/aromatic N) is 2. The average molecular weight is 394 g/mol. The maximum absolute atomic E-state index is 12.7. The predicted octanol–water partition coefficient (Wildman–Crippen LogP) is 3.05. The van der Waals surface area contributed by atoms with Crippen LogP contribution in [0.15, 0.2) is 36.7 Å². The number of sulfone groups is 1. The molecule has 1 saturated heterocycles. The highest BCUT2D eigenvalue weighted by Gasteiger charge is 2.33. The molecule has 8 heteroatoms. The van der Waals surface area contributed by atoms with E-state index in [1.807, 2.05) is 19.1 Å². The molecule has 1 aliphatic heterocycles. The maximum atomic E-state index is 12.7. The van der Waals surface area contributed by atoms with Crippen molar-refractivity contribution in [3.63, 3.8) is 0 Å². The summed E-state index contributed by atoms with van der Waals surface area (Å²) in [6.07, 6.45) is 3.57. The Balaban J connectivity index is 1.76. The third-order valence-electron chi connectivity index (χ3n) is 4.52. The normalized spacial score (nSPS) is 18.5. The summed E-state index contributed by atoms with van der Waals surface area (Å²) >= 11 is 6.13. The molecule has 2 heterocycles. The Kier molecular flexibility index (Phi) is 5.20. The van der Waals surface area contributed by atoms with Gasteiger partial charge < -0.3 is 10.2 Å². The van der Waals surface area contributed by atoms with Crippen LogP contribution in [-0.2, 0) is 9.84 Å². The highest BCUT2D eigenvalue weighted by molar-refractivity contribution is 7.91. The summed E-state index contributed by atoms with van der Waals surface area (Å²) in [5.74, 6) is -0.101. The molecule has 1 unspecified atom stereocenters. The van der Waals surface area contributed by atoms with Gasteiger partial charge in [0.05, 0.1) is 29.0 Å². The van der Waals surface area contributed by atoms with Crippen LogP contribution in [0.5, 0.6) is 0 Å². The Morgan fingerprint density at radius 1 is 1.27 bits per heavy atom. The quantitative estimate of drug-likeness (QED) is 0.863. The number of nitrogens with one attached hydrogen (secondary N) is 1. The number of benzene rings is 1. The summed E-state index contributed by atoms with van der Waals surface area (Å²) in [5, 5.41) is 3.83. The van der Waals surface area contributed by atoms with E-state index in [9.17, 15) is 13.2 Å². The van der Waals surface area contributed by atoms with Gasteiger partial charge in [0.2, 0.25) is 0 Å². The zero-order valence-electron chi connectivity index (χ0n) is 14.6. The number of carbonyl (C=O) groups excluding carboxylic acids is 1. The van der Waals surface area contributed by atoms with Gasteiger partial charge in [0.1, 0.15) is 0 Å². The molecule has 0 aliphatic carbocycles. The third kappa shape index (κ3) is 4.16. The van der Waals surface area contributed by atoms with Crippen LogP contribution in [0.4, 0.5) is 11.4 Å². The van der Waals surface area contributed by atoms with Gasteiger partial charge in [-0.15, -0.1) is 0 Å². The Morgan fingerprint density at radius 3 is 2.69 bits per heavy atom. The molecular formula is C18H20ClN3O3S. The molecule has 3 rings (SSSR count). The number of anilines is 2. The minimum Gasteiger partial charge on any atom is -0.354 e. The zero-order chi connectivity index (χ0) is 18.9. The van der Waals surface area contributed by atoms with Gasteiger partial charge in [-0.3, -0.25) is 9.78 Å². The van der Waals surface area contributed by atoms with E-state index in [1.54, 1.807) is 25.4 Å². The Labute approximate surface area is 158 Å². The van der Waals surface area contributed by atoms with Gasteiger partial charge in [-0.2, -0.15) is 0 Å². The minimum absolute atomic E-state index is 0.0163. The monoisotopic (exact) mass is 393 g/mol. The van der Waals surface area contributed by atoms with Gasteiger partial charge in [0.25, 0.3) is 5.91 Å². The van der Waals surface area contributed by atoms with Crippen molar-refractivity contribution >= 4 is 38.7 Å². The summed E-state index contributed by atoms with van der Waals surface area (Å²) in [7, 11) is -1.41. The Bertz CT molecular complexity index is 946. The second kappa shape index (κ2) is 7.25. The summed E-state index contributed by atoms with van der Waals surface area (Å²) in [5.41, 5.74) is 2.83. The highest BCUT2D eigenvalue weighted by atomic mass is 35.5. The van der Waals surface area contributed by atoms with Gasteiger partial charge >= 0.3 is 0 Å². The Morgan fingerprint density at radius 2 is 2.04 bits per heavy atom. The van der Waals surface area contributed by atoms with Crippen molar-refractivity contribution in [2.45, 2.75) is 19.4 Å². The van der Waals surface area contributed by atoms with Crippen molar-refractivity contribution < 1.29 is 13.2 Å². The summed E-state index contributed by atoms with van der Waals surface area (Å²) in [6, 6.07) is 7.01. The molecule has 0 spiro atoms. The van der Waals surface area contributed by atoms with Gasteiger partial charge in [0.15, 0.2) is 9.84 Å². The van der Waals surface area contributed by atoms with Gasteiger partial charge in [-0.25, -0.2) is 8.42 Å². The number of halogens is 1. The molecule has 6 nitrogen and oxygen atoms in total. The smallest absolute Gasteiger partial charge is 0.255 e. The largest absolute Gasteiger partial charge is 0.354 e. The number of hydrogen-bond acceptors (Lipinski definition) is 5. The first-order chi connectivity index (χ1) is 12.2. The fourth-order valence-corrected chi connectivity index (χ4v) is 4.87. The molecule has 1 aliphatic rings. The molecule has 1 aromatic carbocycles. The van der Waals surface area contributed by atoms with Crippen LogP contribution in [0.2, 0.25) is 5.02 Å². The second-order valence-electron chi connectivity index (χ2n) is 6.52. The molecule has 138 valence electrons. The topological polar surface area (TPSA) is 79.4 Å². The van der Waals surface area contributed by atoms with Crippen LogP contribution in [-0.4, -0.2) is 48.8 Å². The van der Waals surface area contributed by atoms with Crippen LogP contribution in [0, 0.1) is 6.92 Å². The number of pyridine rings is 1. The lowest BCUT2D eigenvalue weighted by Crippen LogP contribution is -2.37. The highest BCUT2D eigenvalue weighted by Crippen LogP contribution is 2.24. The maximum Gasteiger partial charge on any atom is 0.255 e. The molecule has 1 atom stereocenters. The van der Waals surface area contributed by atoms with Crippen molar-refractivity contribution in [1.29, 1.82) is 0 Å². The first-order valence-corrected chi connectivity index (χ1v) is 10.4. The molecule has 26 heavy (non-hydrogen) atoms. The summed E-state index contributed by atoms with van der Waals surface area (Å²) in [6.45, 7) is 1.92. The first-order valence-electron chi connectivity index (χ1n) is 8.21. The lowest BCUT2D eigenvalue weighted by molar-refractivity contribution is 0.0747. The molecular weight excluding hydrogens is 374 g/mol. The first kappa shape index (κ1) is 18.7. The molecule has 0 saturated carbocycles. The third-order valence-corrected chi connectivity index (χ3v) is 6.68. The number of aromatic nitrogens is 1. The van der Waals surface area contributed by atoms with E-state index >= 15 is 0 Å². The lowest BCUT2D eigenvalue weighted by atomic mass is 10.1. The summed E-state index contributed by atoms with van der Waals surface area (Å²) < 4.78 is 23.3. The fourth-order valence-electron chi connectivity index (χ4n) is 2.91. The lowest BCUT2D eigenvalue weighted by Gasteiger charge is -2.23. The number of hydrogen-bond donors (Lipinski definition) is 1. The predicted molar refractivity (Wildman–Crippen MR) is 103 cm³/mol. The van der Waals surface area contributed by atoms with E-state index in [0.29, 0.717) is 22.7 Å². The van der Waals surface area contributed by atoms with E-state index in [-0.39, 0.29) is 23.5 Å². The molecule has 2 aromatic rings. The van der Waals surface area contributed by atoms with E-state index in [1.165, 1.54) is 11.1 Å². The van der Waals surface area contributed by atoms with Crippen molar-refractivity contribution in [3.8, 4) is 0 Å². The van der Waals surface area contributed by atoms with Crippen LogP contribution >= 0.6 is 11.6 Å². The number of carbonyl (C=O) groups is 1. The number of amides is 1. The van der Waals surface area contributed by atoms with Gasteiger partial charge in [-0.05, 0) is 37.1 Å². The van der Waals surface area contributed by atoms with Crippen molar-refractivity contribution in [2.24, 2.45) is 0 Å². The van der Waals surface area contributed by atoms with Crippen LogP contribution < -0.4 is 5.32 Å². The molecule has 1 amide bonds. The summed E-state index contributed by atoms with van der Waals surface area (Å²) in [4.78, 5) is 18.3. The van der Waals surface area contributed by atoms with Gasteiger partial charge in [0, 0.05) is 30.0 Å². The number of rotatable bonds is 4. The standard InChI is InChI=1S/C18H20ClN3O3S/c1-12-3-4-14(8-17(12)19)21-15-7-13(9-20-10-15)18(23)22(2)16-5-6-26(24,25)11-16/h3-4,7-10,16,21H,5-6,11H2,1-2H3. The minimum atomic E-state index is -3.05. The fraction of sp³-hybridized carbons (Fsp3) is 0.333. The van der Waals surface area contributed by atoms with E-state index < -0.39 is 9.84 Å². The second-order valence-corrected chi connectivity index (χ2v) is 9.16. The SMILES string of the molecule is Cc1ccc(Nc2cncc(C(=O)N(C)C3CCS(=O)(=O)C3)c2)cc1Cl. The van der Waals surface area contributed by atoms with Crippen molar-refractivity contribution in [2.75, 3.05) is 23.9 Å². The van der Waals surface area contributed by atoms with Crippen LogP contribution in [0.1, 0.15) is 22.3 Å². The molecule has 1 N–H and O–H groups in total. The Hall–Kier alpha value is -2.12. The molecule has 1 fully saturated rings. The van der Waals surface area contributed by atoms with E-state index in [4.69, 9.17) is 11.6 Å². The van der Waals surface area contributed by atoms with Crippen molar-refractivity contribution in [3.05, 3.63) is 52.8 Å². The van der Waals surface area contributed by atoms with E-state index in [2.05, 4.69) is 10.3 Å².